The van der Waals surface area contributed by atoms with E-state index in [2.05, 4.69) is 32.7 Å². The minimum absolute atomic E-state index is 0.0115. The molecule has 0 spiro atoms. The number of thioether (sulfide) groups is 1. The highest BCUT2D eigenvalue weighted by molar-refractivity contribution is 7.99. The zero-order valence-corrected chi connectivity index (χ0v) is 22.8. The van der Waals surface area contributed by atoms with Crippen molar-refractivity contribution in [1.82, 2.24) is 20.6 Å². The predicted molar refractivity (Wildman–Crippen MR) is 149 cm³/mol. The lowest BCUT2D eigenvalue weighted by molar-refractivity contribution is -0.119. The number of rotatable bonds is 12. The number of hydrogen-bond donors (Lipinski definition) is 2. The molecule has 1 saturated carbocycles. The molecule has 1 amide bonds. The highest BCUT2D eigenvalue weighted by Gasteiger charge is 2.28. The van der Waals surface area contributed by atoms with Crippen LogP contribution < -0.4 is 20.1 Å². The number of methoxy groups -OCH3 is 2. The van der Waals surface area contributed by atoms with E-state index in [1.807, 2.05) is 30.3 Å². The first-order valence-corrected chi connectivity index (χ1v) is 13.9. The highest BCUT2D eigenvalue weighted by Crippen LogP contribution is 2.32. The van der Waals surface area contributed by atoms with Crippen LogP contribution in [0.25, 0.3) is 11.1 Å². The van der Waals surface area contributed by atoms with Crippen LogP contribution in [-0.4, -0.2) is 54.5 Å². The van der Waals surface area contributed by atoms with Crippen LogP contribution in [0.4, 0.5) is 0 Å². The summed E-state index contributed by atoms with van der Waals surface area (Å²) < 4.78 is 10.7. The van der Waals surface area contributed by atoms with E-state index in [9.17, 15) is 4.79 Å². The number of halogens is 1. The molecule has 2 aromatic carbocycles. The number of nitrogens with one attached hydrogen (secondary N) is 2. The summed E-state index contributed by atoms with van der Waals surface area (Å²) in [5.41, 5.74) is 3.09. The summed E-state index contributed by atoms with van der Waals surface area (Å²) in [7, 11) is 3.21. The normalized spacial score (nSPS) is 16.9. The number of carbonyl (C=O) groups is 1. The Labute approximate surface area is 227 Å². The van der Waals surface area contributed by atoms with Crippen molar-refractivity contribution >= 4 is 29.3 Å². The second-order valence-corrected chi connectivity index (χ2v) is 10.4. The van der Waals surface area contributed by atoms with Gasteiger partial charge in [-0.3, -0.25) is 4.79 Å². The summed E-state index contributed by atoms with van der Waals surface area (Å²) in [5, 5.41) is 8.19. The molecule has 1 aromatic heterocycles. The quantitative estimate of drug-likeness (QED) is 0.186. The molecular formula is C28H33ClN4O3S. The van der Waals surface area contributed by atoms with Crippen molar-refractivity contribution < 1.29 is 14.3 Å². The van der Waals surface area contributed by atoms with E-state index in [1.54, 1.807) is 26.6 Å². The molecule has 4 rings (SSSR count). The van der Waals surface area contributed by atoms with Gasteiger partial charge in [-0.05, 0) is 74.0 Å². The molecule has 196 valence electrons. The Hall–Kier alpha value is -2.81. The standard InChI is InChI=1S/C28H33ClN4O3S/c1-35-25-13-10-20(15-26(25)36-2)21-16-31-28(32-17-21)37-18-27(34)33-24-7-3-6-23(24)30-14-4-5-19-8-11-22(29)12-9-19/h8-13,15-17,23-24,30H,3-7,14,18H2,1-2H3,(H,33,34)/t23-,24-/m1/s1. The third-order valence-corrected chi connectivity index (χ3v) is 7.63. The summed E-state index contributed by atoms with van der Waals surface area (Å²) in [6.07, 6.45) is 8.78. The van der Waals surface area contributed by atoms with Crippen molar-refractivity contribution in [3.05, 3.63) is 65.4 Å². The number of amides is 1. The number of benzene rings is 2. The fourth-order valence-corrected chi connectivity index (χ4v) is 5.27. The molecule has 3 aromatic rings. The maximum atomic E-state index is 12.6. The van der Waals surface area contributed by atoms with Gasteiger partial charge in [0.25, 0.3) is 0 Å². The number of nitrogens with zero attached hydrogens (tertiary/aromatic N) is 2. The summed E-state index contributed by atoms with van der Waals surface area (Å²) in [6, 6.07) is 14.2. The van der Waals surface area contributed by atoms with Crippen LogP contribution in [-0.2, 0) is 11.2 Å². The molecule has 0 radical (unpaired) electrons. The van der Waals surface area contributed by atoms with Crippen LogP contribution >= 0.6 is 23.4 Å². The smallest absolute Gasteiger partial charge is 0.230 e. The van der Waals surface area contributed by atoms with Gasteiger partial charge >= 0.3 is 0 Å². The second kappa shape index (κ2) is 13.7. The van der Waals surface area contributed by atoms with E-state index < -0.39 is 0 Å². The van der Waals surface area contributed by atoms with Crippen molar-refractivity contribution in [2.45, 2.75) is 49.3 Å². The Balaban J connectivity index is 1.20. The Morgan fingerprint density at radius 3 is 2.46 bits per heavy atom. The SMILES string of the molecule is COc1ccc(-c2cnc(SCC(=O)N[C@@H]3CCC[C@H]3NCCCc3ccc(Cl)cc3)nc2)cc1OC. The minimum Gasteiger partial charge on any atom is -0.493 e. The molecule has 1 fully saturated rings. The molecule has 9 heteroatoms. The van der Waals surface area contributed by atoms with E-state index in [1.165, 1.54) is 17.3 Å². The molecule has 2 N–H and O–H groups in total. The molecule has 0 bridgehead atoms. The number of carbonyl (C=O) groups excluding carboxylic acids is 1. The predicted octanol–water partition coefficient (Wildman–Crippen LogP) is 5.17. The van der Waals surface area contributed by atoms with E-state index in [0.717, 1.165) is 54.8 Å². The Morgan fingerprint density at radius 1 is 1.00 bits per heavy atom. The third-order valence-electron chi connectivity index (χ3n) is 6.50. The lowest BCUT2D eigenvalue weighted by atomic mass is 10.1. The minimum atomic E-state index is 0.0115. The molecule has 1 heterocycles. The largest absolute Gasteiger partial charge is 0.493 e. The van der Waals surface area contributed by atoms with Crippen molar-refractivity contribution in [3.8, 4) is 22.6 Å². The van der Waals surface area contributed by atoms with Gasteiger partial charge in [0.2, 0.25) is 5.91 Å². The first-order chi connectivity index (χ1) is 18.1. The number of hydrogen-bond acceptors (Lipinski definition) is 7. The van der Waals surface area contributed by atoms with Crippen molar-refractivity contribution in [3.63, 3.8) is 0 Å². The molecule has 37 heavy (non-hydrogen) atoms. The molecule has 1 aliphatic rings. The summed E-state index contributed by atoms with van der Waals surface area (Å²) in [6.45, 7) is 0.925. The average molecular weight is 541 g/mol. The summed E-state index contributed by atoms with van der Waals surface area (Å²) >= 11 is 7.30. The maximum Gasteiger partial charge on any atom is 0.230 e. The Bertz CT molecular complexity index is 1160. The van der Waals surface area contributed by atoms with Gasteiger partial charge in [-0.15, -0.1) is 0 Å². The van der Waals surface area contributed by atoms with E-state index in [0.29, 0.717) is 22.7 Å². The summed E-state index contributed by atoms with van der Waals surface area (Å²) in [5.74, 6) is 1.62. The van der Waals surface area contributed by atoms with Crippen LogP contribution in [0.15, 0.2) is 60.0 Å². The van der Waals surface area contributed by atoms with Crippen LogP contribution in [0.5, 0.6) is 11.5 Å². The fourth-order valence-electron chi connectivity index (χ4n) is 4.54. The first-order valence-electron chi connectivity index (χ1n) is 12.5. The molecule has 0 saturated heterocycles. The van der Waals surface area contributed by atoms with Crippen LogP contribution in [0.3, 0.4) is 0 Å². The third kappa shape index (κ3) is 7.84. The topological polar surface area (TPSA) is 85.4 Å². The van der Waals surface area contributed by atoms with Gasteiger partial charge < -0.3 is 20.1 Å². The van der Waals surface area contributed by atoms with Gasteiger partial charge in [0.1, 0.15) is 0 Å². The van der Waals surface area contributed by atoms with E-state index >= 15 is 0 Å². The zero-order valence-electron chi connectivity index (χ0n) is 21.2. The molecule has 0 aliphatic heterocycles. The average Bonchev–Trinajstić information content (AvgIpc) is 3.37. The van der Waals surface area contributed by atoms with E-state index in [-0.39, 0.29) is 17.7 Å². The molecule has 2 atom stereocenters. The van der Waals surface area contributed by atoms with Gasteiger partial charge in [-0.25, -0.2) is 9.97 Å². The van der Waals surface area contributed by atoms with Crippen LogP contribution in [0.1, 0.15) is 31.2 Å². The van der Waals surface area contributed by atoms with Gasteiger partial charge in [-0.1, -0.05) is 41.6 Å². The fraction of sp³-hybridized carbons (Fsp3) is 0.393. The Kier molecular flexibility index (Phi) is 10.0. The molecule has 1 aliphatic carbocycles. The number of aromatic nitrogens is 2. The molecule has 7 nitrogen and oxygen atoms in total. The number of ether oxygens (including phenoxy) is 2. The lowest BCUT2D eigenvalue weighted by Gasteiger charge is -2.22. The van der Waals surface area contributed by atoms with Gasteiger partial charge in [0.15, 0.2) is 16.7 Å². The second-order valence-electron chi connectivity index (χ2n) is 9.01. The Morgan fingerprint density at radius 2 is 1.73 bits per heavy atom. The van der Waals surface area contributed by atoms with Crippen molar-refractivity contribution in [2.75, 3.05) is 26.5 Å². The molecule has 0 unspecified atom stereocenters. The monoisotopic (exact) mass is 540 g/mol. The van der Waals surface area contributed by atoms with Gasteiger partial charge in [-0.2, -0.15) is 0 Å². The van der Waals surface area contributed by atoms with Gasteiger partial charge in [0.05, 0.1) is 20.0 Å². The van der Waals surface area contributed by atoms with Crippen LogP contribution in [0.2, 0.25) is 5.02 Å². The zero-order chi connectivity index (χ0) is 26.0. The van der Waals surface area contributed by atoms with Crippen molar-refractivity contribution in [1.29, 1.82) is 0 Å². The van der Waals surface area contributed by atoms with Crippen molar-refractivity contribution in [2.24, 2.45) is 0 Å². The first kappa shape index (κ1) is 27.2. The summed E-state index contributed by atoms with van der Waals surface area (Å²) in [4.78, 5) is 21.5. The van der Waals surface area contributed by atoms with Crippen LogP contribution in [0, 0.1) is 0 Å². The molecular weight excluding hydrogens is 508 g/mol. The van der Waals surface area contributed by atoms with E-state index in [4.69, 9.17) is 21.1 Å². The number of aryl methyl sites for hydroxylation is 1. The van der Waals surface area contributed by atoms with Gasteiger partial charge in [0, 0.05) is 35.1 Å². The highest BCUT2D eigenvalue weighted by atomic mass is 35.5. The lowest BCUT2D eigenvalue weighted by Crippen LogP contribution is -2.47. The maximum absolute atomic E-state index is 12.6.